The van der Waals surface area contributed by atoms with Gasteiger partial charge in [0.1, 0.15) is 0 Å². The minimum Gasteiger partial charge on any atom is -0.307 e. The summed E-state index contributed by atoms with van der Waals surface area (Å²) in [5.74, 6) is 0.400. The van der Waals surface area contributed by atoms with Crippen molar-refractivity contribution in [1.29, 1.82) is 0 Å². The van der Waals surface area contributed by atoms with E-state index in [1.807, 2.05) is 11.8 Å². The number of guanidine groups is 1. The second-order valence-electron chi connectivity index (χ2n) is 5.18. The van der Waals surface area contributed by atoms with E-state index in [2.05, 4.69) is 4.99 Å². The number of rotatable bonds is 1. The van der Waals surface area contributed by atoms with Crippen molar-refractivity contribution in [3.63, 3.8) is 0 Å². The molecule has 1 aromatic carbocycles. The van der Waals surface area contributed by atoms with Gasteiger partial charge in [0, 0.05) is 13.3 Å². The summed E-state index contributed by atoms with van der Waals surface area (Å²) in [4.78, 5) is 20.3. The molecule has 2 aliphatic rings. The van der Waals surface area contributed by atoms with E-state index in [1.54, 1.807) is 13.1 Å². The number of anilines is 1. The predicted molar refractivity (Wildman–Crippen MR) is 75.9 cm³/mol. The quantitative estimate of drug-likeness (QED) is 0.766. The van der Waals surface area contributed by atoms with Crippen molar-refractivity contribution in [2.75, 3.05) is 24.7 Å². The largest absolute Gasteiger partial charge is 0.307 e. The van der Waals surface area contributed by atoms with Crippen LogP contribution in [0.15, 0.2) is 28.1 Å². The Balaban J connectivity index is 2.22. The molecule has 20 heavy (non-hydrogen) atoms. The number of aliphatic imine (C=N–C) groups is 1. The molecule has 0 saturated heterocycles. The third-order valence-electron chi connectivity index (χ3n) is 3.64. The van der Waals surface area contributed by atoms with Crippen LogP contribution in [0.5, 0.6) is 0 Å². The highest BCUT2D eigenvalue weighted by Gasteiger charge is 2.38. The molecule has 1 amide bonds. The van der Waals surface area contributed by atoms with E-state index >= 15 is 0 Å². The Labute approximate surface area is 117 Å². The van der Waals surface area contributed by atoms with E-state index in [4.69, 9.17) is 0 Å². The summed E-state index contributed by atoms with van der Waals surface area (Å²) in [5, 5.41) is 0. The molecule has 0 bridgehead atoms. The second-order valence-corrected chi connectivity index (χ2v) is 7.19. The van der Waals surface area contributed by atoms with Crippen LogP contribution in [-0.4, -0.2) is 51.1 Å². The second kappa shape index (κ2) is 4.05. The molecule has 1 atom stereocenters. The maximum atomic E-state index is 12.4. The van der Waals surface area contributed by atoms with Gasteiger partial charge in [0.2, 0.25) is 5.96 Å². The Morgan fingerprint density at radius 1 is 1.35 bits per heavy atom. The highest BCUT2D eigenvalue weighted by Crippen LogP contribution is 2.33. The summed E-state index contributed by atoms with van der Waals surface area (Å²) in [7, 11) is -1.68. The summed E-state index contributed by atoms with van der Waals surface area (Å²) in [6, 6.07) is 4.83. The summed E-state index contributed by atoms with van der Waals surface area (Å²) < 4.78 is 23.3. The SMILES string of the molecule is CC1CN=C2N(C)C(=O)c3cc(S(C)(=O)=O)ccc3N21. The van der Waals surface area contributed by atoms with Crippen molar-refractivity contribution in [3.8, 4) is 0 Å². The van der Waals surface area contributed by atoms with Gasteiger partial charge in [-0.05, 0) is 25.1 Å². The lowest BCUT2D eigenvalue weighted by atomic mass is 10.1. The van der Waals surface area contributed by atoms with Crippen molar-refractivity contribution < 1.29 is 13.2 Å². The van der Waals surface area contributed by atoms with Gasteiger partial charge >= 0.3 is 0 Å². The zero-order valence-electron chi connectivity index (χ0n) is 11.5. The van der Waals surface area contributed by atoms with E-state index < -0.39 is 9.84 Å². The molecule has 2 aliphatic heterocycles. The molecular formula is C13H15N3O3S. The van der Waals surface area contributed by atoms with E-state index in [1.165, 1.54) is 17.0 Å². The van der Waals surface area contributed by atoms with Crippen LogP contribution in [0.25, 0.3) is 0 Å². The molecule has 1 aromatic rings. The van der Waals surface area contributed by atoms with Crippen LogP contribution in [0.3, 0.4) is 0 Å². The zero-order chi connectivity index (χ0) is 14.7. The fourth-order valence-corrected chi connectivity index (χ4v) is 3.23. The number of amides is 1. The van der Waals surface area contributed by atoms with E-state index in [-0.39, 0.29) is 16.8 Å². The molecule has 106 valence electrons. The van der Waals surface area contributed by atoms with Crippen molar-refractivity contribution in [2.24, 2.45) is 4.99 Å². The predicted octanol–water partition coefficient (Wildman–Crippen LogP) is 0.740. The molecule has 0 spiro atoms. The highest BCUT2D eigenvalue weighted by atomic mass is 32.2. The van der Waals surface area contributed by atoms with Crippen LogP contribution in [0.4, 0.5) is 5.69 Å². The lowest BCUT2D eigenvalue weighted by Gasteiger charge is -2.36. The Hall–Kier alpha value is -1.89. The minimum absolute atomic E-state index is 0.156. The van der Waals surface area contributed by atoms with Crippen LogP contribution in [0.2, 0.25) is 0 Å². The van der Waals surface area contributed by atoms with Gasteiger partial charge in [-0.1, -0.05) is 0 Å². The highest BCUT2D eigenvalue weighted by molar-refractivity contribution is 7.90. The Kier molecular flexibility index (Phi) is 2.66. The molecule has 0 aromatic heterocycles. The molecule has 0 N–H and O–H groups in total. The Morgan fingerprint density at radius 3 is 2.70 bits per heavy atom. The first-order valence-electron chi connectivity index (χ1n) is 6.26. The fraction of sp³-hybridized carbons (Fsp3) is 0.385. The number of carbonyl (C=O) groups is 1. The molecule has 6 nitrogen and oxygen atoms in total. The topological polar surface area (TPSA) is 70.0 Å². The molecule has 1 unspecified atom stereocenters. The average Bonchev–Trinajstić information content (AvgIpc) is 2.76. The van der Waals surface area contributed by atoms with Crippen molar-refractivity contribution in [1.82, 2.24) is 4.90 Å². The van der Waals surface area contributed by atoms with Gasteiger partial charge in [-0.2, -0.15) is 0 Å². The Morgan fingerprint density at radius 2 is 2.05 bits per heavy atom. The van der Waals surface area contributed by atoms with Gasteiger partial charge in [-0.3, -0.25) is 14.7 Å². The monoisotopic (exact) mass is 293 g/mol. The first kappa shape index (κ1) is 13.1. The summed E-state index contributed by atoms with van der Waals surface area (Å²) in [6.45, 7) is 2.65. The minimum atomic E-state index is -3.33. The van der Waals surface area contributed by atoms with Crippen molar-refractivity contribution >= 4 is 27.4 Å². The van der Waals surface area contributed by atoms with E-state index in [0.29, 0.717) is 18.1 Å². The molecule has 0 aliphatic carbocycles. The normalized spacial score (nSPS) is 21.6. The third kappa shape index (κ3) is 1.73. The number of hydrogen-bond donors (Lipinski definition) is 0. The first-order valence-corrected chi connectivity index (χ1v) is 8.15. The molecule has 0 radical (unpaired) electrons. The number of benzene rings is 1. The van der Waals surface area contributed by atoms with Crippen molar-refractivity contribution in [2.45, 2.75) is 17.9 Å². The standard InChI is InChI=1S/C13H15N3O3S/c1-8-7-14-13-15(2)12(17)10-6-9(20(3,18)19)4-5-11(10)16(8)13/h4-6,8H,7H2,1-3H3. The van der Waals surface area contributed by atoms with E-state index in [9.17, 15) is 13.2 Å². The number of sulfone groups is 1. The smallest absolute Gasteiger partial charge is 0.262 e. The average molecular weight is 293 g/mol. The molecular weight excluding hydrogens is 278 g/mol. The first-order chi connectivity index (χ1) is 9.30. The van der Waals surface area contributed by atoms with Gasteiger partial charge in [-0.25, -0.2) is 8.42 Å². The number of nitrogens with zero attached hydrogens (tertiary/aromatic N) is 3. The molecule has 0 saturated carbocycles. The van der Waals surface area contributed by atoms with Crippen molar-refractivity contribution in [3.05, 3.63) is 23.8 Å². The number of carbonyl (C=O) groups excluding carboxylic acids is 1. The van der Waals surface area contributed by atoms with Gasteiger partial charge < -0.3 is 4.90 Å². The van der Waals surface area contributed by atoms with Gasteiger partial charge in [0.05, 0.1) is 28.7 Å². The number of hydrogen-bond acceptors (Lipinski definition) is 5. The summed E-state index contributed by atoms with van der Waals surface area (Å²) in [6.07, 6.45) is 1.14. The molecule has 0 fully saturated rings. The molecule has 3 rings (SSSR count). The lowest BCUT2D eigenvalue weighted by molar-refractivity contribution is 0.0865. The summed E-state index contributed by atoms with van der Waals surface area (Å²) in [5.41, 5.74) is 1.13. The maximum absolute atomic E-state index is 12.4. The zero-order valence-corrected chi connectivity index (χ0v) is 12.3. The van der Waals surface area contributed by atoms with Gasteiger partial charge in [-0.15, -0.1) is 0 Å². The van der Waals surface area contributed by atoms with Gasteiger partial charge in [0.25, 0.3) is 5.91 Å². The van der Waals surface area contributed by atoms with Crippen LogP contribution in [-0.2, 0) is 9.84 Å². The van der Waals surface area contributed by atoms with Gasteiger partial charge in [0.15, 0.2) is 9.84 Å². The summed E-state index contributed by atoms with van der Waals surface area (Å²) >= 11 is 0. The van der Waals surface area contributed by atoms with Crippen LogP contribution in [0, 0.1) is 0 Å². The maximum Gasteiger partial charge on any atom is 0.262 e. The third-order valence-corrected chi connectivity index (χ3v) is 4.75. The van der Waals surface area contributed by atoms with Crippen LogP contribution in [0.1, 0.15) is 17.3 Å². The van der Waals surface area contributed by atoms with E-state index in [0.717, 1.165) is 11.9 Å². The number of fused-ring (bicyclic) bond motifs is 3. The van der Waals surface area contributed by atoms with Crippen LogP contribution < -0.4 is 4.90 Å². The molecule has 2 heterocycles. The van der Waals surface area contributed by atoms with Crippen LogP contribution >= 0.6 is 0 Å². The molecule has 7 heteroatoms. The lowest BCUT2D eigenvalue weighted by Crippen LogP contribution is -2.50. The Bertz CT molecular complexity index is 739. The fourth-order valence-electron chi connectivity index (χ4n) is 2.58.